The van der Waals surface area contributed by atoms with Crippen molar-refractivity contribution in [2.45, 2.75) is 13.8 Å². The molecule has 0 aliphatic rings. The Morgan fingerprint density at radius 1 is 1.04 bits per heavy atom. The summed E-state index contributed by atoms with van der Waals surface area (Å²) >= 11 is 1.72. The van der Waals surface area contributed by atoms with Crippen LogP contribution in [0.2, 0.25) is 0 Å². The van der Waals surface area contributed by atoms with Crippen molar-refractivity contribution < 1.29 is 0 Å². The quantitative estimate of drug-likeness (QED) is 0.550. The third-order valence-electron chi connectivity index (χ3n) is 4.17. The van der Waals surface area contributed by atoms with Gasteiger partial charge in [0.05, 0.1) is 21.6 Å². The fourth-order valence-corrected chi connectivity index (χ4v) is 3.84. The summed E-state index contributed by atoms with van der Waals surface area (Å²) in [6.45, 7) is 4.12. The SMILES string of the molecule is Cc1nn(C)c(C)c1-c1ccc2scc(-c3ccncc3)c2n1. The van der Waals surface area contributed by atoms with Crippen LogP contribution in [0.4, 0.5) is 0 Å². The summed E-state index contributed by atoms with van der Waals surface area (Å²) in [5, 5.41) is 6.67. The molecule has 4 nitrogen and oxygen atoms in total. The Morgan fingerprint density at radius 2 is 1.83 bits per heavy atom. The highest BCUT2D eigenvalue weighted by Crippen LogP contribution is 2.35. The molecule has 4 rings (SSSR count). The topological polar surface area (TPSA) is 43.6 Å². The molecule has 0 aliphatic carbocycles. The van der Waals surface area contributed by atoms with Gasteiger partial charge in [-0.15, -0.1) is 11.3 Å². The van der Waals surface area contributed by atoms with Gasteiger partial charge in [-0.1, -0.05) is 0 Å². The predicted molar refractivity (Wildman–Crippen MR) is 94.5 cm³/mol. The van der Waals surface area contributed by atoms with E-state index in [1.807, 2.05) is 43.2 Å². The zero-order valence-electron chi connectivity index (χ0n) is 13.2. The van der Waals surface area contributed by atoms with Gasteiger partial charge >= 0.3 is 0 Å². The number of aromatic nitrogens is 4. The molecular weight excluding hydrogens is 304 g/mol. The van der Waals surface area contributed by atoms with Gasteiger partial charge in [0.2, 0.25) is 0 Å². The van der Waals surface area contributed by atoms with Gasteiger partial charge in [-0.25, -0.2) is 4.98 Å². The lowest BCUT2D eigenvalue weighted by atomic mass is 10.1. The maximum absolute atomic E-state index is 4.95. The standard InChI is InChI=1S/C18H16N4S/c1-11-17(12(2)22(3)21-11)15-4-5-16-18(20-15)14(10-23-16)13-6-8-19-9-7-13/h4-10H,1-3H3. The van der Waals surface area contributed by atoms with Crippen molar-refractivity contribution in [3.8, 4) is 22.4 Å². The van der Waals surface area contributed by atoms with E-state index in [1.165, 1.54) is 4.70 Å². The maximum atomic E-state index is 4.95. The lowest BCUT2D eigenvalue weighted by molar-refractivity contribution is 0.731. The van der Waals surface area contributed by atoms with Gasteiger partial charge in [-0.2, -0.15) is 5.10 Å². The van der Waals surface area contributed by atoms with Crippen LogP contribution >= 0.6 is 11.3 Å². The number of rotatable bonds is 2. The van der Waals surface area contributed by atoms with Crippen LogP contribution in [0.3, 0.4) is 0 Å². The molecule has 0 spiro atoms. The molecule has 0 unspecified atom stereocenters. The predicted octanol–water partition coefficient (Wildman–Crippen LogP) is 4.38. The average Bonchev–Trinajstić information content (AvgIpc) is 3.09. The van der Waals surface area contributed by atoms with Crippen LogP contribution in [0, 0.1) is 13.8 Å². The summed E-state index contributed by atoms with van der Waals surface area (Å²) in [7, 11) is 1.97. The van der Waals surface area contributed by atoms with Crippen molar-refractivity contribution in [1.82, 2.24) is 19.7 Å². The Hall–Kier alpha value is -2.53. The molecule has 0 aliphatic heterocycles. The number of hydrogen-bond donors (Lipinski definition) is 0. The van der Waals surface area contributed by atoms with Gasteiger partial charge in [0.15, 0.2) is 0 Å². The second-order valence-corrected chi connectivity index (χ2v) is 6.51. The normalized spacial score (nSPS) is 11.3. The van der Waals surface area contributed by atoms with Crippen LogP contribution in [0.15, 0.2) is 42.0 Å². The van der Waals surface area contributed by atoms with Crippen molar-refractivity contribution in [1.29, 1.82) is 0 Å². The van der Waals surface area contributed by atoms with Crippen LogP contribution in [0.1, 0.15) is 11.4 Å². The smallest absolute Gasteiger partial charge is 0.0895 e. The molecule has 0 saturated carbocycles. The maximum Gasteiger partial charge on any atom is 0.0895 e. The summed E-state index contributed by atoms with van der Waals surface area (Å²) < 4.78 is 3.10. The van der Waals surface area contributed by atoms with E-state index in [0.29, 0.717) is 0 Å². The molecule has 0 atom stereocenters. The molecule has 4 aromatic rings. The third-order valence-corrected chi connectivity index (χ3v) is 5.11. The van der Waals surface area contributed by atoms with Gasteiger partial charge in [0, 0.05) is 41.6 Å². The molecule has 4 heterocycles. The van der Waals surface area contributed by atoms with Crippen molar-refractivity contribution in [3.05, 3.63) is 53.4 Å². The Balaban J connectivity index is 1.94. The van der Waals surface area contributed by atoms with Crippen LogP contribution in [-0.4, -0.2) is 19.7 Å². The Morgan fingerprint density at radius 3 is 2.52 bits per heavy atom. The van der Waals surface area contributed by atoms with E-state index in [1.54, 1.807) is 11.3 Å². The molecule has 0 amide bonds. The minimum Gasteiger partial charge on any atom is -0.272 e. The van der Waals surface area contributed by atoms with E-state index >= 15 is 0 Å². The molecule has 4 aromatic heterocycles. The minimum atomic E-state index is 0.981. The number of fused-ring (bicyclic) bond motifs is 1. The minimum absolute atomic E-state index is 0.981. The molecule has 0 N–H and O–H groups in total. The van der Waals surface area contributed by atoms with Gasteiger partial charge in [-0.05, 0) is 43.7 Å². The van der Waals surface area contributed by atoms with Crippen molar-refractivity contribution >= 4 is 21.6 Å². The molecule has 0 saturated heterocycles. The van der Waals surface area contributed by atoms with Gasteiger partial charge < -0.3 is 0 Å². The first kappa shape index (κ1) is 14.1. The molecular formula is C18H16N4S. The number of hydrogen-bond acceptors (Lipinski definition) is 4. The van der Waals surface area contributed by atoms with Crippen molar-refractivity contribution in [2.24, 2.45) is 7.05 Å². The van der Waals surface area contributed by atoms with E-state index in [9.17, 15) is 0 Å². The van der Waals surface area contributed by atoms with E-state index < -0.39 is 0 Å². The van der Waals surface area contributed by atoms with Gasteiger partial charge in [0.1, 0.15) is 0 Å². The molecule has 114 valence electrons. The molecule has 0 fully saturated rings. The third kappa shape index (κ3) is 2.24. The molecule has 0 radical (unpaired) electrons. The summed E-state index contributed by atoms with van der Waals surface area (Å²) in [4.78, 5) is 9.05. The highest BCUT2D eigenvalue weighted by Gasteiger charge is 2.15. The van der Waals surface area contributed by atoms with E-state index in [-0.39, 0.29) is 0 Å². The first-order chi connectivity index (χ1) is 11.1. The second-order valence-electron chi connectivity index (χ2n) is 5.60. The van der Waals surface area contributed by atoms with Crippen molar-refractivity contribution in [3.63, 3.8) is 0 Å². The fraction of sp³-hybridized carbons (Fsp3) is 0.167. The highest BCUT2D eigenvalue weighted by molar-refractivity contribution is 7.17. The number of pyridine rings is 2. The Bertz CT molecular complexity index is 999. The largest absolute Gasteiger partial charge is 0.272 e. The lowest BCUT2D eigenvalue weighted by Crippen LogP contribution is -1.93. The van der Waals surface area contributed by atoms with Gasteiger partial charge in [-0.3, -0.25) is 9.67 Å². The lowest BCUT2D eigenvalue weighted by Gasteiger charge is -2.04. The number of aryl methyl sites for hydroxylation is 2. The summed E-state index contributed by atoms with van der Waals surface area (Å²) in [5.74, 6) is 0. The fourth-order valence-electron chi connectivity index (χ4n) is 2.93. The van der Waals surface area contributed by atoms with E-state index in [0.717, 1.165) is 39.3 Å². The average molecular weight is 320 g/mol. The van der Waals surface area contributed by atoms with Gasteiger partial charge in [0.25, 0.3) is 0 Å². The number of nitrogens with zero attached hydrogens (tertiary/aromatic N) is 4. The second kappa shape index (κ2) is 5.28. The van der Waals surface area contributed by atoms with Crippen LogP contribution < -0.4 is 0 Å². The first-order valence-electron chi connectivity index (χ1n) is 7.44. The van der Waals surface area contributed by atoms with E-state index in [4.69, 9.17) is 4.98 Å². The monoisotopic (exact) mass is 320 g/mol. The summed E-state index contributed by atoms with van der Waals surface area (Å²) in [5.41, 5.74) is 7.61. The first-order valence-corrected chi connectivity index (χ1v) is 8.32. The molecule has 5 heteroatoms. The molecule has 0 aromatic carbocycles. The number of thiophene rings is 1. The van der Waals surface area contributed by atoms with Crippen molar-refractivity contribution in [2.75, 3.05) is 0 Å². The zero-order valence-corrected chi connectivity index (χ0v) is 14.1. The van der Waals surface area contributed by atoms with Crippen LogP contribution in [0.25, 0.3) is 32.6 Å². The summed E-state index contributed by atoms with van der Waals surface area (Å²) in [6.07, 6.45) is 3.64. The Labute approximate surface area is 138 Å². The van der Waals surface area contributed by atoms with E-state index in [2.05, 4.69) is 34.5 Å². The van der Waals surface area contributed by atoms with Crippen LogP contribution in [0.5, 0.6) is 0 Å². The Kier molecular flexibility index (Phi) is 3.23. The van der Waals surface area contributed by atoms with Crippen LogP contribution in [-0.2, 0) is 7.05 Å². The molecule has 23 heavy (non-hydrogen) atoms. The highest BCUT2D eigenvalue weighted by atomic mass is 32.1. The molecule has 0 bridgehead atoms. The zero-order chi connectivity index (χ0) is 16.0. The summed E-state index contributed by atoms with van der Waals surface area (Å²) in [6, 6.07) is 8.29.